The van der Waals surface area contributed by atoms with Gasteiger partial charge in [-0.2, -0.15) is 0 Å². The van der Waals surface area contributed by atoms with Crippen LogP contribution in [0.1, 0.15) is 11.7 Å². The van der Waals surface area contributed by atoms with Gasteiger partial charge in [-0.05, 0) is 11.1 Å². The molecule has 1 aromatic rings. The lowest BCUT2D eigenvalue weighted by Gasteiger charge is -2.11. The average Bonchev–Trinajstić information content (AvgIpc) is 2.26. The summed E-state index contributed by atoms with van der Waals surface area (Å²) in [4.78, 5) is 0. The Balaban J connectivity index is 2.94. The number of rotatable bonds is 4. The number of hydrogen-bond donors (Lipinski definition) is 1. The number of allylic oxidation sites excluding steroid dienone is 2. The van der Waals surface area contributed by atoms with Crippen LogP contribution in [0.4, 0.5) is 0 Å². The van der Waals surface area contributed by atoms with E-state index in [1.165, 1.54) is 0 Å². The Morgan fingerprint density at radius 3 is 2.36 bits per heavy atom. The van der Waals surface area contributed by atoms with Gasteiger partial charge in [-0.15, -0.1) is 0 Å². The molecule has 0 aromatic heterocycles. The van der Waals surface area contributed by atoms with Crippen molar-refractivity contribution in [3.05, 3.63) is 72.9 Å². The van der Waals surface area contributed by atoms with Crippen molar-refractivity contribution in [2.24, 2.45) is 0 Å². The summed E-state index contributed by atoms with van der Waals surface area (Å²) in [6, 6.07) is 9.47. The SMILES string of the molecule is C=C/C=C(\C=C)C(O)c1ccccc1. The number of aliphatic hydroxyl groups excluding tert-OH is 1. The highest BCUT2D eigenvalue weighted by atomic mass is 16.3. The summed E-state index contributed by atoms with van der Waals surface area (Å²) in [6.45, 7) is 7.24. The van der Waals surface area contributed by atoms with Gasteiger partial charge in [0.1, 0.15) is 6.10 Å². The van der Waals surface area contributed by atoms with Crippen LogP contribution in [-0.4, -0.2) is 5.11 Å². The van der Waals surface area contributed by atoms with Crippen LogP contribution in [0, 0.1) is 0 Å². The van der Waals surface area contributed by atoms with Crippen LogP contribution in [0.15, 0.2) is 67.3 Å². The Kier molecular flexibility index (Phi) is 3.89. The van der Waals surface area contributed by atoms with E-state index in [1.54, 1.807) is 18.2 Å². The lowest BCUT2D eigenvalue weighted by molar-refractivity contribution is 0.219. The molecule has 0 radical (unpaired) electrons. The largest absolute Gasteiger partial charge is 0.384 e. The first-order valence-corrected chi connectivity index (χ1v) is 4.47. The second-order valence-corrected chi connectivity index (χ2v) is 2.92. The molecule has 0 spiro atoms. The van der Waals surface area contributed by atoms with Crippen LogP contribution in [0.25, 0.3) is 0 Å². The van der Waals surface area contributed by atoms with Crippen molar-refractivity contribution in [2.45, 2.75) is 6.10 Å². The number of benzene rings is 1. The first-order valence-electron chi connectivity index (χ1n) is 4.47. The summed E-state index contributed by atoms with van der Waals surface area (Å²) in [7, 11) is 0. The standard InChI is InChI=1S/C13H14O/c1-3-8-11(4-2)13(14)12-9-6-5-7-10-12/h3-10,13-14H,1-2H2/b11-8+. The smallest absolute Gasteiger partial charge is 0.104 e. The molecule has 14 heavy (non-hydrogen) atoms. The highest BCUT2D eigenvalue weighted by molar-refractivity contribution is 5.33. The monoisotopic (exact) mass is 186 g/mol. The molecule has 0 saturated carbocycles. The van der Waals surface area contributed by atoms with Crippen molar-refractivity contribution in [2.75, 3.05) is 0 Å². The van der Waals surface area contributed by atoms with Crippen molar-refractivity contribution in [1.29, 1.82) is 0 Å². The minimum Gasteiger partial charge on any atom is -0.384 e. The molecule has 0 amide bonds. The molecular formula is C13H14O. The van der Waals surface area contributed by atoms with Crippen molar-refractivity contribution in [1.82, 2.24) is 0 Å². The molecule has 72 valence electrons. The van der Waals surface area contributed by atoms with E-state index in [2.05, 4.69) is 13.2 Å². The molecule has 1 unspecified atom stereocenters. The predicted octanol–water partition coefficient (Wildman–Crippen LogP) is 3.02. The Labute approximate surface area is 84.7 Å². The van der Waals surface area contributed by atoms with Crippen LogP contribution in [0.2, 0.25) is 0 Å². The van der Waals surface area contributed by atoms with Crippen molar-refractivity contribution in [3.8, 4) is 0 Å². The fourth-order valence-electron chi connectivity index (χ4n) is 1.23. The summed E-state index contributed by atoms with van der Waals surface area (Å²) >= 11 is 0. The van der Waals surface area contributed by atoms with Crippen LogP contribution in [-0.2, 0) is 0 Å². The van der Waals surface area contributed by atoms with Crippen LogP contribution < -0.4 is 0 Å². The van der Waals surface area contributed by atoms with Crippen molar-refractivity contribution in [3.63, 3.8) is 0 Å². The van der Waals surface area contributed by atoms with Crippen molar-refractivity contribution < 1.29 is 5.11 Å². The van der Waals surface area contributed by atoms with Gasteiger partial charge in [0.25, 0.3) is 0 Å². The van der Waals surface area contributed by atoms with Gasteiger partial charge in [-0.3, -0.25) is 0 Å². The van der Waals surface area contributed by atoms with Crippen LogP contribution in [0.3, 0.4) is 0 Å². The van der Waals surface area contributed by atoms with E-state index in [9.17, 15) is 5.11 Å². The van der Waals surface area contributed by atoms with Gasteiger partial charge >= 0.3 is 0 Å². The highest BCUT2D eigenvalue weighted by Crippen LogP contribution is 2.21. The molecule has 0 bridgehead atoms. The van der Waals surface area contributed by atoms with Gasteiger partial charge in [0, 0.05) is 0 Å². The first-order chi connectivity index (χ1) is 6.79. The fraction of sp³-hybridized carbons (Fsp3) is 0.0769. The van der Waals surface area contributed by atoms with E-state index in [0.717, 1.165) is 11.1 Å². The normalized spacial score (nSPS) is 13.4. The Morgan fingerprint density at radius 2 is 1.86 bits per heavy atom. The molecule has 0 aliphatic carbocycles. The van der Waals surface area contributed by atoms with Crippen LogP contribution in [0.5, 0.6) is 0 Å². The zero-order valence-electron chi connectivity index (χ0n) is 8.06. The van der Waals surface area contributed by atoms with Gasteiger partial charge in [-0.1, -0.05) is 61.7 Å². The quantitative estimate of drug-likeness (QED) is 0.716. The molecule has 1 N–H and O–H groups in total. The Morgan fingerprint density at radius 1 is 1.21 bits per heavy atom. The Hall–Kier alpha value is -1.60. The van der Waals surface area contributed by atoms with E-state index < -0.39 is 6.10 Å². The van der Waals surface area contributed by atoms with Gasteiger partial charge in [-0.25, -0.2) is 0 Å². The number of aliphatic hydroxyl groups is 1. The second kappa shape index (κ2) is 5.20. The minimum absolute atomic E-state index is 0.619. The summed E-state index contributed by atoms with van der Waals surface area (Å²) in [6.07, 6.45) is 4.42. The van der Waals surface area contributed by atoms with Crippen molar-refractivity contribution >= 4 is 0 Å². The summed E-state index contributed by atoms with van der Waals surface area (Å²) < 4.78 is 0. The summed E-state index contributed by atoms with van der Waals surface area (Å²) in [5.41, 5.74) is 1.62. The maximum atomic E-state index is 9.92. The summed E-state index contributed by atoms with van der Waals surface area (Å²) in [5, 5.41) is 9.92. The topological polar surface area (TPSA) is 20.2 Å². The van der Waals surface area contributed by atoms with Gasteiger partial charge < -0.3 is 5.11 Å². The lowest BCUT2D eigenvalue weighted by atomic mass is 10.0. The Bertz CT molecular complexity index is 336. The molecule has 1 nitrogen and oxygen atoms in total. The molecule has 1 atom stereocenters. The maximum Gasteiger partial charge on any atom is 0.104 e. The molecule has 0 aliphatic rings. The molecule has 0 heterocycles. The number of hydrogen-bond acceptors (Lipinski definition) is 1. The maximum absolute atomic E-state index is 9.92. The van der Waals surface area contributed by atoms with E-state index in [-0.39, 0.29) is 0 Å². The minimum atomic E-state index is -0.619. The zero-order valence-corrected chi connectivity index (χ0v) is 8.06. The molecule has 1 heteroatoms. The second-order valence-electron chi connectivity index (χ2n) is 2.92. The third-order valence-electron chi connectivity index (χ3n) is 1.98. The third kappa shape index (κ3) is 2.44. The van der Waals surface area contributed by atoms with E-state index >= 15 is 0 Å². The van der Waals surface area contributed by atoms with Gasteiger partial charge in [0.05, 0.1) is 0 Å². The third-order valence-corrected chi connectivity index (χ3v) is 1.98. The predicted molar refractivity (Wildman–Crippen MR) is 59.9 cm³/mol. The molecule has 0 fully saturated rings. The molecule has 1 aromatic carbocycles. The van der Waals surface area contributed by atoms with E-state index in [0.29, 0.717) is 0 Å². The molecular weight excluding hydrogens is 172 g/mol. The first kappa shape index (κ1) is 10.5. The lowest BCUT2D eigenvalue weighted by Crippen LogP contribution is -1.98. The molecule has 1 rings (SSSR count). The van der Waals surface area contributed by atoms with E-state index in [1.807, 2.05) is 30.3 Å². The van der Waals surface area contributed by atoms with Gasteiger partial charge in [0.2, 0.25) is 0 Å². The van der Waals surface area contributed by atoms with Crippen LogP contribution >= 0.6 is 0 Å². The van der Waals surface area contributed by atoms with E-state index in [4.69, 9.17) is 0 Å². The molecule has 0 saturated heterocycles. The van der Waals surface area contributed by atoms with Gasteiger partial charge in [0.15, 0.2) is 0 Å². The zero-order chi connectivity index (χ0) is 10.4. The molecule has 0 aliphatic heterocycles. The summed E-state index contributed by atoms with van der Waals surface area (Å²) in [5.74, 6) is 0. The average molecular weight is 186 g/mol. The fourth-order valence-corrected chi connectivity index (χ4v) is 1.23. The highest BCUT2D eigenvalue weighted by Gasteiger charge is 2.08.